The van der Waals surface area contributed by atoms with Crippen molar-refractivity contribution in [3.8, 4) is 0 Å². The van der Waals surface area contributed by atoms with Crippen molar-refractivity contribution in [1.82, 2.24) is 5.32 Å². The summed E-state index contributed by atoms with van der Waals surface area (Å²) in [5.41, 5.74) is 2.20. The van der Waals surface area contributed by atoms with E-state index >= 15 is 0 Å². The summed E-state index contributed by atoms with van der Waals surface area (Å²) in [5, 5.41) is 3.07. The van der Waals surface area contributed by atoms with Crippen LogP contribution in [0.15, 0.2) is 18.2 Å². The molecule has 0 fully saturated rings. The third-order valence-corrected chi connectivity index (χ3v) is 5.69. The number of hydrogen-bond acceptors (Lipinski definition) is 3. The highest BCUT2D eigenvalue weighted by Gasteiger charge is 2.35. The Morgan fingerprint density at radius 3 is 2.07 bits per heavy atom. The maximum absolute atomic E-state index is 13.1. The Bertz CT molecular complexity index is 777. The number of amides is 1. The molecule has 0 aliphatic carbocycles. The number of anilines is 1. The van der Waals surface area contributed by atoms with Crippen LogP contribution in [0.5, 0.6) is 0 Å². The second-order valence-electron chi connectivity index (χ2n) is 9.36. The number of benzene rings is 1. The highest BCUT2D eigenvalue weighted by atomic mass is 32.2. The molecule has 0 heterocycles. The number of nitrogens with one attached hydrogen (secondary N) is 1. The fraction of sp³-hybridized carbons (Fsp3) is 0.667. The van der Waals surface area contributed by atoms with Crippen LogP contribution in [-0.2, 0) is 14.8 Å². The number of aryl methyl sites for hydroxylation is 2. The monoisotopic (exact) mass is 396 g/mol. The van der Waals surface area contributed by atoms with Crippen LogP contribution in [0, 0.1) is 19.3 Å². The smallest absolute Gasteiger partial charge is 0.244 e. The van der Waals surface area contributed by atoms with Gasteiger partial charge in [0.2, 0.25) is 15.9 Å². The minimum absolute atomic E-state index is 0.0447. The molecule has 1 aromatic rings. The lowest BCUT2D eigenvalue weighted by Gasteiger charge is -2.37. The van der Waals surface area contributed by atoms with E-state index in [4.69, 9.17) is 0 Å². The van der Waals surface area contributed by atoms with Gasteiger partial charge in [-0.1, -0.05) is 33.8 Å². The summed E-state index contributed by atoms with van der Waals surface area (Å²) in [6.07, 6.45) is 2.32. The minimum atomic E-state index is -3.62. The van der Waals surface area contributed by atoms with Gasteiger partial charge in [-0.05, 0) is 69.2 Å². The van der Waals surface area contributed by atoms with Crippen molar-refractivity contribution >= 4 is 21.6 Å². The fourth-order valence-corrected chi connectivity index (χ4v) is 4.91. The topological polar surface area (TPSA) is 66.5 Å². The zero-order valence-corrected chi connectivity index (χ0v) is 19.1. The van der Waals surface area contributed by atoms with Crippen molar-refractivity contribution in [2.45, 2.75) is 79.8 Å². The molecular formula is C21H36N2O3S. The van der Waals surface area contributed by atoms with Crippen molar-refractivity contribution < 1.29 is 13.2 Å². The molecule has 0 unspecified atom stereocenters. The summed E-state index contributed by atoms with van der Waals surface area (Å²) in [4.78, 5) is 13.1. The maximum atomic E-state index is 13.1. The number of hydrogen-bond donors (Lipinski definition) is 1. The number of nitrogens with zero attached hydrogens (tertiary/aromatic N) is 1. The number of carbonyl (C=O) groups is 1. The van der Waals surface area contributed by atoms with Gasteiger partial charge in [-0.2, -0.15) is 0 Å². The van der Waals surface area contributed by atoms with Gasteiger partial charge >= 0.3 is 0 Å². The van der Waals surface area contributed by atoms with Crippen molar-refractivity contribution in [3.05, 3.63) is 29.3 Å². The molecule has 0 bridgehead atoms. The van der Waals surface area contributed by atoms with E-state index in [0.29, 0.717) is 12.1 Å². The molecule has 0 radical (unpaired) electrons. The molecule has 1 aromatic carbocycles. The van der Waals surface area contributed by atoms with E-state index in [0.717, 1.165) is 23.8 Å². The zero-order chi connectivity index (χ0) is 21.2. The van der Waals surface area contributed by atoms with E-state index in [-0.39, 0.29) is 11.3 Å². The van der Waals surface area contributed by atoms with Crippen LogP contribution in [0.2, 0.25) is 0 Å². The molecule has 1 atom stereocenters. The molecule has 6 heteroatoms. The molecule has 0 saturated heterocycles. The number of rotatable bonds is 7. The van der Waals surface area contributed by atoms with Crippen molar-refractivity contribution in [2.24, 2.45) is 5.41 Å². The molecule has 0 aliphatic rings. The van der Waals surface area contributed by atoms with Gasteiger partial charge in [0.1, 0.15) is 6.04 Å². The number of sulfonamides is 1. The molecule has 5 nitrogen and oxygen atoms in total. The summed E-state index contributed by atoms with van der Waals surface area (Å²) >= 11 is 0. The standard InChI is InChI=1S/C21H36N2O3S/c1-10-18(19(24)22-21(7,8)14-20(4,5)6)23(27(9,25)26)17-12-11-15(2)16(3)13-17/h11-13,18H,10,14H2,1-9H3,(H,22,24)/t18-/m1/s1. The molecule has 0 aromatic heterocycles. The largest absolute Gasteiger partial charge is 0.349 e. The van der Waals surface area contributed by atoms with Crippen LogP contribution in [0.25, 0.3) is 0 Å². The second-order valence-corrected chi connectivity index (χ2v) is 11.2. The number of carbonyl (C=O) groups excluding carboxylic acids is 1. The Kier molecular flexibility index (Phi) is 7.14. The lowest BCUT2D eigenvalue weighted by Crippen LogP contribution is -2.55. The van der Waals surface area contributed by atoms with E-state index in [1.54, 1.807) is 6.07 Å². The Labute approximate surface area is 165 Å². The Hall–Kier alpha value is -1.56. The fourth-order valence-electron chi connectivity index (χ4n) is 3.71. The molecule has 27 heavy (non-hydrogen) atoms. The summed E-state index contributed by atoms with van der Waals surface area (Å²) in [6.45, 7) is 16.1. The first kappa shape index (κ1) is 23.5. The predicted molar refractivity (Wildman–Crippen MR) is 114 cm³/mol. The van der Waals surface area contributed by atoms with Gasteiger partial charge in [0.15, 0.2) is 0 Å². The predicted octanol–water partition coefficient (Wildman–Crippen LogP) is 4.18. The van der Waals surface area contributed by atoms with E-state index in [2.05, 4.69) is 26.1 Å². The van der Waals surface area contributed by atoms with Crippen molar-refractivity contribution in [3.63, 3.8) is 0 Å². The second kappa shape index (κ2) is 8.21. The lowest BCUT2D eigenvalue weighted by atomic mass is 9.81. The van der Waals surface area contributed by atoms with E-state index in [1.807, 2.05) is 46.8 Å². The van der Waals surface area contributed by atoms with Gasteiger partial charge < -0.3 is 5.32 Å². The molecule has 0 aliphatic heterocycles. The van der Waals surface area contributed by atoms with E-state index in [9.17, 15) is 13.2 Å². The Morgan fingerprint density at radius 1 is 1.11 bits per heavy atom. The third-order valence-electron chi connectivity index (χ3n) is 4.51. The first-order valence-electron chi connectivity index (χ1n) is 9.46. The summed E-state index contributed by atoms with van der Waals surface area (Å²) in [5.74, 6) is -0.268. The molecule has 0 spiro atoms. The lowest BCUT2D eigenvalue weighted by molar-refractivity contribution is -0.124. The molecule has 0 saturated carbocycles. The zero-order valence-electron chi connectivity index (χ0n) is 18.3. The van der Waals surface area contributed by atoms with Gasteiger partial charge in [-0.15, -0.1) is 0 Å². The average Bonchev–Trinajstić information content (AvgIpc) is 2.43. The van der Waals surface area contributed by atoms with Gasteiger partial charge in [0, 0.05) is 5.54 Å². The molecular weight excluding hydrogens is 360 g/mol. The first-order valence-corrected chi connectivity index (χ1v) is 11.3. The highest BCUT2D eigenvalue weighted by Crippen LogP contribution is 2.28. The Morgan fingerprint density at radius 2 is 1.67 bits per heavy atom. The average molecular weight is 397 g/mol. The van der Waals surface area contributed by atoms with Gasteiger partial charge in [-0.3, -0.25) is 9.10 Å². The van der Waals surface area contributed by atoms with Gasteiger partial charge in [0.05, 0.1) is 11.9 Å². The van der Waals surface area contributed by atoms with E-state index in [1.165, 1.54) is 4.31 Å². The molecule has 1 rings (SSSR count). The third kappa shape index (κ3) is 6.83. The van der Waals surface area contributed by atoms with Crippen molar-refractivity contribution in [2.75, 3.05) is 10.6 Å². The normalized spacial score (nSPS) is 14.0. The van der Waals surface area contributed by atoms with Gasteiger partial charge in [0.25, 0.3) is 0 Å². The Balaban J connectivity index is 3.26. The molecule has 1 amide bonds. The van der Waals surface area contributed by atoms with Crippen LogP contribution in [0.3, 0.4) is 0 Å². The summed E-state index contributed by atoms with van der Waals surface area (Å²) < 4.78 is 26.4. The van der Waals surface area contributed by atoms with Crippen LogP contribution in [0.1, 0.15) is 65.5 Å². The minimum Gasteiger partial charge on any atom is -0.349 e. The summed E-state index contributed by atoms with van der Waals surface area (Å²) in [6, 6.07) is 4.69. The molecule has 1 N–H and O–H groups in total. The van der Waals surface area contributed by atoms with Crippen molar-refractivity contribution in [1.29, 1.82) is 0 Å². The van der Waals surface area contributed by atoms with Gasteiger partial charge in [-0.25, -0.2) is 8.42 Å². The van der Waals surface area contributed by atoms with E-state index < -0.39 is 21.6 Å². The van der Waals surface area contributed by atoms with Crippen LogP contribution in [-0.4, -0.2) is 32.2 Å². The van der Waals surface area contributed by atoms with Crippen LogP contribution >= 0.6 is 0 Å². The quantitative estimate of drug-likeness (QED) is 0.752. The van der Waals surface area contributed by atoms with Crippen LogP contribution in [0.4, 0.5) is 5.69 Å². The SMILES string of the molecule is CC[C@H](C(=O)NC(C)(C)CC(C)(C)C)N(c1ccc(C)c(C)c1)S(C)(=O)=O. The first-order chi connectivity index (χ1) is 12.1. The van der Waals surface area contributed by atoms with Crippen LogP contribution < -0.4 is 9.62 Å². The highest BCUT2D eigenvalue weighted by molar-refractivity contribution is 7.92. The molecule has 154 valence electrons. The summed E-state index contributed by atoms with van der Waals surface area (Å²) in [7, 11) is -3.62. The maximum Gasteiger partial charge on any atom is 0.244 e.